The van der Waals surface area contributed by atoms with Crippen LogP contribution in [0.4, 0.5) is 0 Å². The summed E-state index contributed by atoms with van der Waals surface area (Å²) >= 11 is 0. The molecule has 1 rings (SSSR count). The van der Waals surface area contributed by atoms with Crippen molar-refractivity contribution in [2.24, 2.45) is 4.99 Å². The van der Waals surface area contributed by atoms with E-state index in [2.05, 4.69) is 24.2 Å². The van der Waals surface area contributed by atoms with Gasteiger partial charge in [0.05, 0.1) is 12.1 Å². The number of aliphatic imine (C=N–C) groups is 1. The highest BCUT2D eigenvalue weighted by Gasteiger charge is 2.25. The van der Waals surface area contributed by atoms with E-state index in [9.17, 15) is 0 Å². The quantitative estimate of drug-likeness (QED) is 0.525. The highest BCUT2D eigenvalue weighted by Crippen LogP contribution is 2.09. The van der Waals surface area contributed by atoms with Crippen LogP contribution in [-0.4, -0.2) is 37.0 Å². The van der Waals surface area contributed by atoms with E-state index in [0.29, 0.717) is 0 Å². The third-order valence-electron chi connectivity index (χ3n) is 1.50. The second-order valence-electron chi connectivity index (χ2n) is 3.54. The average molecular weight is 141 g/mol. The molecule has 0 aromatic carbocycles. The fourth-order valence-corrected chi connectivity index (χ4v) is 0.907. The third-order valence-corrected chi connectivity index (χ3v) is 1.50. The maximum absolute atomic E-state index is 4.32. The lowest BCUT2D eigenvalue weighted by Crippen LogP contribution is -2.44. The summed E-state index contributed by atoms with van der Waals surface area (Å²) in [4.78, 5) is 6.31. The van der Waals surface area contributed by atoms with E-state index in [4.69, 9.17) is 0 Å². The van der Waals surface area contributed by atoms with Gasteiger partial charge in [-0.1, -0.05) is 0 Å². The Kier molecular flexibility index (Phi) is 1.58. The topological polar surface area (TPSA) is 27.6 Å². The van der Waals surface area contributed by atoms with Crippen LogP contribution in [0.25, 0.3) is 0 Å². The molecule has 0 amide bonds. The first-order valence-corrected chi connectivity index (χ1v) is 3.51. The van der Waals surface area contributed by atoms with Gasteiger partial charge in [0.15, 0.2) is 5.96 Å². The van der Waals surface area contributed by atoms with Gasteiger partial charge in [0, 0.05) is 14.1 Å². The largest absolute Gasteiger partial charge is 0.350 e. The summed E-state index contributed by atoms with van der Waals surface area (Å²) in [5.74, 6) is 0.991. The summed E-state index contributed by atoms with van der Waals surface area (Å²) in [5, 5.41) is 3.31. The third kappa shape index (κ3) is 1.40. The monoisotopic (exact) mass is 141 g/mol. The van der Waals surface area contributed by atoms with E-state index >= 15 is 0 Å². The maximum atomic E-state index is 4.32. The number of nitrogens with zero attached hydrogens (tertiary/aromatic N) is 2. The van der Waals surface area contributed by atoms with Gasteiger partial charge < -0.3 is 10.2 Å². The van der Waals surface area contributed by atoms with Crippen LogP contribution in [-0.2, 0) is 0 Å². The molecule has 3 nitrogen and oxygen atoms in total. The minimum Gasteiger partial charge on any atom is -0.350 e. The molecule has 3 heteroatoms. The zero-order valence-corrected chi connectivity index (χ0v) is 7.10. The molecule has 0 aromatic heterocycles. The molecule has 1 aliphatic rings. The molecular formula is C7H15N3. The molecule has 1 aliphatic heterocycles. The van der Waals surface area contributed by atoms with Gasteiger partial charge in [-0.05, 0) is 13.8 Å². The van der Waals surface area contributed by atoms with Crippen LogP contribution in [0.1, 0.15) is 13.8 Å². The van der Waals surface area contributed by atoms with Gasteiger partial charge in [0.25, 0.3) is 0 Å². The summed E-state index contributed by atoms with van der Waals surface area (Å²) in [6.07, 6.45) is 0. The second kappa shape index (κ2) is 2.15. The van der Waals surface area contributed by atoms with E-state index < -0.39 is 0 Å². The van der Waals surface area contributed by atoms with Crippen molar-refractivity contribution in [1.82, 2.24) is 10.2 Å². The molecule has 0 atom stereocenters. The first-order valence-electron chi connectivity index (χ1n) is 3.51. The molecule has 0 bridgehead atoms. The summed E-state index contributed by atoms with van der Waals surface area (Å²) in [6.45, 7) is 5.17. The zero-order chi connectivity index (χ0) is 7.78. The molecular weight excluding hydrogens is 126 g/mol. The molecule has 0 saturated heterocycles. The standard InChI is InChI=1S/C7H15N3/c1-7(2)5-8-6(9-7)10(3)4/h5H2,1-4H3,(H,8,9). The smallest absolute Gasteiger partial charge is 0.193 e. The summed E-state index contributed by atoms with van der Waals surface area (Å²) in [7, 11) is 3.99. The van der Waals surface area contributed by atoms with E-state index in [1.54, 1.807) is 0 Å². The predicted molar refractivity (Wildman–Crippen MR) is 43.2 cm³/mol. The molecule has 10 heavy (non-hydrogen) atoms. The van der Waals surface area contributed by atoms with E-state index in [1.165, 1.54) is 0 Å². The normalized spacial score (nSPS) is 21.8. The Labute approximate surface area is 62.1 Å². The summed E-state index contributed by atoms with van der Waals surface area (Å²) < 4.78 is 0. The van der Waals surface area contributed by atoms with Crippen molar-refractivity contribution in [3.63, 3.8) is 0 Å². The van der Waals surface area contributed by atoms with Crippen molar-refractivity contribution >= 4 is 5.96 Å². The molecule has 1 heterocycles. The van der Waals surface area contributed by atoms with Gasteiger partial charge >= 0.3 is 0 Å². The van der Waals surface area contributed by atoms with Crippen molar-refractivity contribution in [2.75, 3.05) is 20.6 Å². The van der Waals surface area contributed by atoms with Crippen molar-refractivity contribution in [2.45, 2.75) is 19.4 Å². The summed E-state index contributed by atoms with van der Waals surface area (Å²) in [5.41, 5.74) is 0.152. The van der Waals surface area contributed by atoms with Gasteiger partial charge in [0.2, 0.25) is 0 Å². The van der Waals surface area contributed by atoms with Crippen LogP contribution in [0.5, 0.6) is 0 Å². The lowest BCUT2D eigenvalue weighted by atomic mass is 10.1. The minimum atomic E-state index is 0.152. The average Bonchev–Trinajstić information content (AvgIpc) is 2.10. The Morgan fingerprint density at radius 3 is 2.30 bits per heavy atom. The number of nitrogens with one attached hydrogen (secondary N) is 1. The van der Waals surface area contributed by atoms with Crippen LogP contribution >= 0.6 is 0 Å². The molecule has 0 unspecified atom stereocenters. The number of hydrogen-bond donors (Lipinski definition) is 1. The van der Waals surface area contributed by atoms with E-state index in [-0.39, 0.29) is 5.54 Å². The minimum absolute atomic E-state index is 0.152. The van der Waals surface area contributed by atoms with Crippen molar-refractivity contribution in [1.29, 1.82) is 0 Å². The maximum Gasteiger partial charge on any atom is 0.193 e. The SMILES string of the molecule is CN(C)C1=NCC(C)(C)N1. The van der Waals surface area contributed by atoms with E-state index in [0.717, 1.165) is 12.5 Å². The Morgan fingerprint density at radius 2 is 2.10 bits per heavy atom. The van der Waals surface area contributed by atoms with Crippen LogP contribution in [0.2, 0.25) is 0 Å². The molecule has 0 saturated carbocycles. The van der Waals surface area contributed by atoms with Crippen LogP contribution in [0, 0.1) is 0 Å². The molecule has 0 spiro atoms. The van der Waals surface area contributed by atoms with Crippen LogP contribution < -0.4 is 5.32 Å². The van der Waals surface area contributed by atoms with Crippen LogP contribution in [0.3, 0.4) is 0 Å². The van der Waals surface area contributed by atoms with Gasteiger partial charge in [0.1, 0.15) is 0 Å². The van der Waals surface area contributed by atoms with Gasteiger partial charge in [-0.2, -0.15) is 0 Å². The van der Waals surface area contributed by atoms with Gasteiger partial charge in [-0.15, -0.1) is 0 Å². The number of rotatable bonds is 0. The fourth-order valence-electron chi connectivity index (χ4n) is 0.907. The Balaban J connectivity index is 2.55. The molecule has 0 aromatic rings. The van der Waals surface area contributed by atoms with Crippen LogP contribution in [0.15, 0.2) is 4.99 Å². The first kappa shape index (κ1) is 7.38. The molecule has 58 valence electrons. The van der Waals surface area contributed by atoms with Crippen molar-refractivity contribution in [3.8, 4) is 0 Å². The van der Waals surface area contributed by atoms with Gasteiger partial charge in [-0.3, -0.25) is 4.99 Å². The number of hydrogen-bond acceptors (Lipinski definition) is 3. The van der Waals surface area contributed by atoms with Gasteiger partial charge in [-0.25, -0.2) is 0 Å². The Hall–Kier alpha value is -0.730. The first-order chi connectivity index (χ1) is 4.51. The zero-order valence-electron chi connectivity index (χ0n) is 7.10. The predicted octanol–water partition coefficient (Wildman–Crippen LogP) is 0.286. The molecule has 0 aliphatic carbocycles. The fraction of sp³-hybridized carbons (Fsp3) is 0.857. The second-order valence-corrected chi connectivity index (χ2v) is 3.54. The Bertz CT molecular complexity index is 158. The van der Waals surface area contributed by atoms with Crippen molar-refractivity contribution < 1.29 is 0 Å². The van der Waals surface area contributed by atoms with E-state index in [1.807, 2.05) is 19.0 Å². The highest BCUT2D eigenvalue weighted by atomic mass is 15.3. The lowest BCUT2D eigenvalue weighted by Gasteiger charge is -2.20. The molecule has 0 fully saturated rings. The Morgan fingerprint density at radius 1 is 1.50 bits per heavy atom. The number of guanidine groups is 1. The summed E-state index contributed by atoms with van der Waals surface area (Å²) in [6, 6.07) is 0. The molecule has 0 radical (unpaired) electrons. The lowest BCUT2D eigenvalue weighted by molar-refractivity contribution is 0.483. The molecule has 1 N–H and O–H groups in total. The highest BCUT2D eigenvalue weighted by molar-refractivity contribution is 5.82. The van der Waals surface area contributed by atoms with Crippen molar-refractivity contribution in [3.05, 3.63) is 0 Å².